The molecule has 0 amide bonds. The predicted molar refractivity (Wildman–Crippen MR) is 31.1 cm³/mol. The van der Waals surface area contributed by atoms with Crippen LogP contribution < -0.4 is 37.2 Å². The van der Waals surface area contributed by atoms with Crippen molar-refractivity contribution in [1.29, 1.82) is 0 Å². The summed E-state index contributed by atoms with van der Waals surface area (Å²) in [7, 11) is 0. The van der Waals surface area contributed by atoms with Crippen LogP contribution in [0, 0.1) is 0 Å². The zero-order valence-electron chi connectivity index (χ0n) is 6.15. The molecule has 0 spiro atoms. The third-order valence-corrected chi connectivity index (χ3v) is 2.12. The molecule has 0 nitrogen and oxygen atoms in total. The van der Waals surface area contributed by atoms with Gasteiger partial charge >= 0.3 is 59.2 Å². The molecule has 0 aromatic rings. The van der Waals surface area contributed by atoms with Gasteiger partial charge in [0, 0.05) is 0 Å². The first kappa shape index (κ1) is 17.9. The molecular formula is C7H9Cl3V. The van der Waals surface area contributed by atoms with Gasteiger partial charge in [-0.15, -0.1) is 0 Å². The molecule has 1 aliphatic rings. The zero-order chi connectivity index (χ0) is 5.98. The summed E-state index contributed by atoms with van der Waals surface area (Å²) in [6.07, 6.45) is 6.77. The standard InChI is InChI=1S/C7H9.3ClH.V/c1-2-7-5-3-4-6-7;;;;/h3,5H,2,4H2,1H3;3*1H;/q;;;;+3/p-3. The molecule has 0 aliphatic heterocycles. The molecule has 0 saturated carbocycles. The fourth-order valence-electron chi connectivity index (χ4n) is 0.862. The van der Waals surface area contributed by atoms with Crippen LogP contribution in [0.1, 0.15) is 19.8 Å². The molecule has 0 bridgehead atoms. The van der Waals surface area contributed by atoms with Crippen LogP contribution in [0.5, 0.6) is 0 Å². The van der Waals surface area contributed by atoms with E-state index in [4.69, 9.17) is 0 Å². The maximum absolute atomic E-state index is 2.63. The van der Waals surface area contributed by atoms with E-state index in [2.05, 4.69) is 36.5 Å². The first-order chi connectivity index (χ1) is 3.84. The van der Waals surface area contributed by atoms with E-state index < -0.39 is 0 Å². The molecule has 0 aromatic heterocycles. The van der Waals surface area contributed by atoms with Crippen molar-refractivity contribution in [1.82, 2.24) is 0 Å². The molecule has 0 aromatic carbocycles. The third kappa shape index (κ3) is 5.22. The number of hydrogen-bond donors (Lipinski definition) is 0. The first-order valence-electron chi connectivity index (χ1n) is 2.92. The van der Waals surface area contributed by atoms with Crippen molar-refractivity contribution in [3.63, 3.8) is 0 Å². The van der Waals surface area contributed by atoms with Gasteiger partial charge in [0.2, 0.25) is 0 Å². The molecule has 4 heteroatoms. The Hall–Kier alpha value is 0.934. The average Bonchev–Trinajstić information content (AvgIpc) is 2.14. The van der Waals surface area contributed by atoms with Crippen LogP contribution in [0.4, 0.5) is 0 Å². The second-order valence-corrected chi connectivity index (χ2v) is 2.77. The number of halogens is 3. The minimum Gasteiger partial charge on any atom is -1.00 e. The van der Waals surface area contributed by atoms with Crippen LogP contribution in [0.25, 0.3) is 0 Å². The molecule has 1 rings (SSSR count). The van der Waals surface area contributed by atoms with Crippen LogP contribution in [0.3, 0.4) is 0 Å². The molecule has 0 heterocycles. The van der Waals surface area contributed by atoms with Gasteiger partial charge in [0.25, 0.3) is 0 Å². The van der Waals surface area contributed by atoms with E-state index in [1.807, 2.05) is 0 Å². The largest absolute Gasteiger partial charge is 1.00 e. The molecule has 0 fully saturated rings. The Morgan fingerprint density at radius 1 is 1.36 bits per heavy atom. The van der Waals surface area contributed by atoms with Gasteiger partial charge in [-0.25, -0.2) is 0 Å². The Morgan fingerprint density at radius 2 is 1.91 bits per heavy atom. The van der Waals surface area contributed by atoms with E-state index in [1.165, 1.54) is 16.3 Å². The van der Waals surface area contributed by atoms with Gasteiger partial charge in [-0.1, -0.05) is 0 Å². The van der Waals surface area contributed by atoms with E-state index >= 15 is 0 Å². The van der Waals surface area contributed by atoms with E-state index in [0.717, 1.165) is 6.42 Å². The Morgan fingerprint density at radius 3 is 2.09 bits per heavy atom. The van der Waals surface area contributed by atoms with E-state index in [1.54, 1.807) is 0 Å². The summed E-state index contributed by atoms with van der Waals surface area (Å²) in [5.74, 6) is 0. The quantitative estimate of drug-likeness (QED) is 0.434. The van der Waals surface area contributed by atoms with Crippen molar-refractivity contribution in [3.8, 4) is 0 Å². The van der Waals surface area contributed by atoms with E-state index in [0.29, 0.717) is 0 Å². The van der Waals surface area contributed by atoms with Gasteiger partial charge in [-0.3, -0.25) is 0 Å². The molecule has 0 N–H and O–H groups in total. The first-order valence-corrected chi connectivity index (χ1v) is 3.62. The molecule has 1 aliphatic carbocycles. The normalized spacial score (nSPS) is 13.4. The topological polar surface area (TPSA) is 0 Å². The van der Waals surface area contributed by atoms with Crippen molar-refractivity contribution in [2.24, 2.45) is 0 Å². The molecule has 0 radical (unpaired) electrons. The van der Waals surface area contributed by atoms with Gasteiger partial charge < -0.3 is 37.2 Å². The summed E-state index contributed by atoms with van der Waals surface area (Å²) in [6.45, 7) is 2.19. The fraction of sp³-hybridized carbons (Fsp3) is 0.429. The van der Waals surface area contributed by atoms with Gasteiger partial charge in [0.15, 0.2) is 0 Å². The van der Waals surface area contributed by atoms with Crippen molar-refractivity contribution in [2.45, 2.75) is 19.8 Å². The summed E-state index contributed by atoms with van der Waals surface area (Å²) in [6, 6.07) is 0. The monoisotopic (exact) mass is 249 g/mol. The second kappa shape index (κ2) is 9.03. The van der Waals surface area contributed by atoms with E-state index in [9.17, 15) is 0 Å². The summed E-state index contributed by atoms with van der Waals surface area (Å²) < 4.78 is 1.49. The summed E-state index contributed by atoms with van der Waals surface area (Å²) in [5, 5.41) is 0. The summed E-state index contributed by atoms with van der Waals surface area (Å²) in [4.78, 5) is 0. The Balaban J connectivity index is -0.000000213. The van der Waals surface area contributed by atoms with Crippen LogP contribution in [0.15, 0.2) is 22.0 Å². The molecule has 11 heavy (non-hydrogen) atoms. The zero-order valence-corrected chi connectivity index (χ0v) is 9.81. The number of allylic oxidation sites excluding steroid dienone is 4. The van der Waals surface area contributed by atoms with Gasteiger partial charge in [0.1, 0.15) is 0 Å². The summed E-state index contributed by atoms with van der Waals surface area (Å²) in [5.41, 5.74) is 1.50. The van der Waals surface area contributed by atoms with E-state index in [-0.39, 0.29) is 37.2 Å². The smallest absolute Gasteiger partial charge is 1.00 e. The second-order valence-electron chi connectivity index (χ2n) is 1.93. The van der Waals surface area contributed by atoms with Crippen LogP contribution in [-0.2, 0) is 17.4 Å². The Kier molecular flexibility index (Phi) is 14.7. The van der Waals surface area contributed by atoms with Crippen LogP contribution in [0.2, 0.25) is 0 Å². The molecular weight excluding hydrogens is 241 g/mol. The molecule has 63 valence electrons. The van der Waals surface area contributed by atoms with Crippen LogP contribution in [-0.4, -0.2) is 0 Å². The van der Waals surface area contributed by atoms with Crippen molar-refractivity contribution < 1.29 is 54.6 Å². The molecule has 0 atom stereocenters. The maximum atomic E-state index is 2.63. The summed E-state index contributed by atoms with van der Waals surface area (Å²) >= 11 is 2.63. The predicted octanol–water partition coefficient (Wildman–Crippen LogP) is -6.83. The number of rotatable bonds is 1. The van der Waals surface area contributed by atoms with Crippen LogP contribution >= 0.6 is 0 Å². The minimum absolute atomic E-state index is 0. The van der Waals surface area contributed by atoms with Gasteiger partial charge in [-0.05, 0) is 0 Å². The minimum atomic E-state index is 0. The fourth-order valence-corrected chi connectivity index (χ4v) is 1.39. The average molecular weight is 250 g/mol. The maximum Gasteiger partial charge on any atom is -1.00 e. The SMILES string of the molecule is CCC1=[C]([V+3])CC=C1.[Cl-].[Cl-].[Cl-]. The Labute approximate surface area is 96.1 Å². The Bertz CT molecular complexity index is 152. The molecule has 0 unspecified atom stereocenters. The third-order valence-electron chi connectivity index (χ3n) is 1.38. The van der Waals surface area contributed by atoms with Gasteiger partial charge in [-0.2, -0.15) is 0 Å². The van der Waals surface area contributed by atoms with Crippen molar-refractivity contribution in [3.05, 3.63) is 22.0 Å². The molecule has 0 saturated heterocycles. The van der Waals surface area contributed by atoms with Crippen molar-refractivity contribution >= 4 is 0 Å². The number of hydrogen-bond acceptors (Lipinski definition) is 0. The van der Waals surface area contributed by atoms with Gasteiger partial charge in [0.05, 0.1) is 0 Å². The van der Waals surface area contributed by atoms with Crippen molar-refractivity contribution in [2.75, 3.05) is 0 Å².